The summed E-state index contributed by atoms with van der Waals surface area (Å²) >= 11 is 1.84. The second kappa shape index (κ2) is 7.02. The Morgan fingerprint density at radius 1 is 1.30 bits per heavy atom. The van der Waals surface area contributed by atoms with Gasteiger partial charge in [0.2, 0.25) is 0 Å². The first-order chi connectivity index (χ1) is 9.67. The lowest BCUT2D eigenvalue weighted by Crippen LogP contribution is -2.03. The third-order valence-corrected chi connectivity index (χ3v) is 4.99. The van der Waals surface area contributed by atoms with Crippen LogP contribution in [-0.2, 0) is 4.79 Å². The molecule has 1 aliphatic carbocycles. The number of rotatable bonds is 6. The van der Waals surface area contributed by atoms with Crippen molar-refractivity contribution in [2.75, 3.05) is 20.5 Å². The van der Waals surface area contributed by atoms with Crippen LogP contribution in [0.15, 0.2) is 18.2 Å². The molecule has 1 aromatic carbocycles. The molecule has 110 valence electrons. The maximum absolute atomic E-state index is 11.4. The summed E-state index contributed by atoms with van der Waals surface area (Å²) in [5.41, 5.74) is 1.24. The van der Waals surface area contributed by atoms with Gasteiger partial charge in [-0.2, -0.15) is 11.8 Å². The van der Waals surface area contributed by atoms with Crippen LogP contribution in [0, 0.1) is 5.92 Å². The number of carbonyl (C=O) groups is 1. The molecular formula is C16H22O3S. The van der Waals surface area contributed by atoms with E-state index in [1.165, 1.54) is 5.56 Å². The highest BCUT2D eigenvalue weighted by Gasteiger charge is 2.25. The van der Waals surface area contributed by atoms with Crippen LogP contribution < -0.4 is 9.47 Å². The fourth-order valence-electron chi connectivity index (χ4n) is 2.82. The van der Waals surface area contributed by atoms with Crippen molar-refractivity contribution in [3.8, 4) is 11.5 Å². The van der Waals surface area contributed by atoms with Crippen LogP contribution in [0.1, 0.15) is 36.5 Å². The molecule has 0 amide bonds. The van der Waals surface area contributed by atoms with E-state index in [1.54, 1.807) is 14.2 Å². The number of ketones is 1. The average Bonchev–Trinajstić information content (AvgIpc) is 2.89. The lowest BCUT2D eigenvalue weighted by atomic mass is 9.97. The van der Waals surface area contributed by atoms with E-state index in [2.05, 4.69) is 18.4 Å². The smallest absolute Gasteiger partial charge is 0.161 e. The first-order valence-electron chi connectivity index (χ1n) is 6.94. The van der Waals surface area contributed by atoms with Crippen LogP contribution >= 0.6 is 11.8 Å². The van der Waals surface area contributed by atoms with E-state index in [4.69, 9.17) is 9.47 Å². The molecule has 2 atom stereocenters. The van der Waals surface area contributed by atoms with E-state index in [9.17, 15) is 4.79 Å². The first-order valence-corrected chi connectivity index (χ1v) is 8.23. The normalized spacial score (nSPS) is 19.9. The van der Waals surface area contributed by atoms with Crippen LogP contribution in [0.2, 0.25) is 0 Å². The molecule has 4 heteroatoms. The second-order valence-corrected chi connectivity index (χ2v) is 6.26. The lowest BCUT2D eigenvalue weighted by Gasteiger charge is -2.20. The number of methoxy groups -OCH3 is 2. The number of thioether (sulfide) groups is 1. The Balaban J connectivity index is 2.12. The van der Waals surface area contributed by atoms with Crippen LogP contribution in [0.4, 0.5) is 0 Å². The third kappa shape index (κ3) is 3.48. The Bertz CT molecular complexity index is 473. The Labute approximate surface area is 125 Å². The minimum atomic E-state index is 0.408. The largest absolute Gasteiger partial charge is 0.493 e. The van der Waals surface area contributed by atoms with Gasteiger partial charge in [-0.25, -0.2) is 0 Å². The van der Waals surface area contributed by atoms with Crippen LogP contribution in [0.25, 0.3) is 0 Å². The molecule has 2 rings (SSSR count). The highest BCUT2D eigenvalue weighted by molar-refractivity contribution is 7.98. The Kier molecular flexibility index (Phi) is 5.35. The number of hydrogen-bond acceptors (Lipinski definition) is 4. The second-order valence-electron chi connectivity index (χ2n) is 5.22. The van der Waals surface area contributed by atoms with Crippen molar-refractivity contribution in [3.05, 3.63) is 23.8 Å². The maximum Gasteiger partial charge on any atom is 0.161 e. The van der Waals surface area contributed by atoms with Crippen molar-refractivity contribution >= 4 is 17.5 Å². The molecule has 0 bridgehead atoms. The number of ether oxygens (including phenoxy) is 2. The van der Waals surface area contributed by atoms with Gasteiger partial charge < -0.3 is 9.47 Å². The highest BCUT2D eigenvalue weighted by atomic mass is 32.2. The summed E-state index contributed by atoms with van der Waals surface area (Å²) in [5.74, 6) is 2.48. The number of Topliss-reactive ketones (excluding diaryl/α,β-unsaturated/α-hetero) is 1. The molecule has 1 fully saturated rings. The summed E-state index contributed by atoms with van der Waals surface area (Å²) in [7, 11) is 3.30. The molecule has 2 unspecified atom stereocenters. The molecule has 0 aromatic heterocycles. The van der Waals surface area contributed by atoms with E-state index >= 15 is 0 Å². The van der Waals surface area contributed by atoms with Crippen molar-refractivity contribution in [2.45, 2.75) is 30.9 Å². The summed E-state index contributed by atoms with van der Waals surface area (Å²) in [6.07, 6.45) is 5.74. The topological polar surface area (TPSA) is 35.5 Å². The molecule has 0 aliphatic heterocycles. The zero-order chi connectivity index (χ0) is 14.5. The number of hydrogen-bond donors (Lipinski definition) is 0. The van der Waals surface area contributed by atoms with Gasteiger partial charge in [0.25, 0.3) is 0 Å². The van der Waals surface area contributed by atoms with Gasteiger partial charge in [-0.3, -0.25) is 4.79 Å². The summed E-state index contributed by atoms with van der Waals surface area (Å²) in [5, 5.41) is 0.408. The Morgan fingerprint density at radius 3 is 2.60 bits per heavy atom. The minimum Gasteiger partial charge on any atom is -0.493 e. The van der Waals surface area contributed by atoms with Crippen molar-refractivity contribution in [1.82, 2.24) is 0 Å². The molecule has 3 nitrogen and oxygen atoms in total. The van der Waals surface area contributed by atoms with Gasteiger partial charge >= 0.3 is 0 Å². The molecule has 20 heavy (non-hydrogen) atoms. The molecule has 1 saturated carbocycles. The van der Waals surface area contributed by atoms with E-state index in [0.29, 0.717) is 17.0 Å². The van der Waals surface area contributed by atoms with Gasteiger partial charge in [-0.15, -0.1) is 0 Å². The molecule has 0 spiro atoms. The zero-order valence-electron chi connectivity index (χ0n) is 12.3. The zero-order valence-corrected chi connectivity index (χ0v) is 13.2. The molecule has 1 aliphatic rings. The standard InChI is InChI=1S/C16H22O3S/c1-18-14-7-5-12(10-15(14)19-2)16(20-3)9-11-4-6-13(17)8-11/h5,7,10-11,16H,4,6,8-9H2,1-3H3. The first kappa shape index (κ1) is 15.2. The summed E-state index contributed by atoms with van der Waals surface area (Å²) in [6.45, 7) is 0. The molecule has 1 aromatic rings. The summed E-state index contributed by atoms with van der Waals surface area (Å²) in [6, 6.07) is 6.10. The van der Waals surface area contributed by atoms with Crippen LogP contribution in [-0.4, -0.2) is 26.3 Å². The number of benzene rings is 1. The SMILES string of the molecule is COc1ccc(C(CC2CCC(=O)C2)SC)cc1OC. The fraction of sp³-hybridized carbons (Fsp3) is 0.562. The van der Waals surface area contributed by atoms with Crippen LogP contribution in [0.3, 0.4) is 0 Å². The molecular weight excluding hydrogens is 272 g/mol. The van der Waals surface area contributed by atoms with E-state index in [-0.39, 0.29) is 0 Å². The van der Waals surface area contributed by atoms with Gasteiger partial charge in [-0.1, -0.05) is 6.07 Å². The Hall–Kier alpha value is -1.16. The maximum atomic E-state index is 11.4. The highest BCUT2D eigenvalue weighted by Crippen LogP contribution is 2.40. The molecule has 0 saturated heterocycles. The average molecular weight is 294 g/mol. The predicted octanol–water partition coefficient (Wildman–Crippen LogP) is 3.87. The van der Waals surface area contributed by atoms with E-state index in [0.717, 1.165) is 37.2 Å². The third-order valence-electron chi connectivity index (χ3n) is 3.96. The van der Waals surface area contributed by atoms with E-state index < -0.39 is 0 Å². The van der Waals surface area contributed by atoms with Crippen LogP contribution in [0.5, 0.6) is 11.5 Å². The van der Waals surface area contributed by atoms with Gasteiger partial charge in [0.15, 0.2) is 11.5 Å². The number of carbonyl (C=O) groups excluding carboxylic acids is 1. The fourth-order valence-corrected chi connectivity index (χ4v) is 3.70. The molecule has 0 radical (unpaired) electrons. The monoisotopic (exact) mass is 294 g/mol. The predicted molar refractivity (Wildman–Crippen MR) is 82.8 cm³/mol. The Morgan fingerprint density at radius 2 is 2.05 bits per heavy atom. The minimum absolute atomic E-state index is 0.408. The van der Waals surface area contributed by atoms with E-state index in [1.807, 2.05) is 17.8 Å². The molecule has 0 N–H and O–H groups in total. The van der Waals surface area contributed by atoms with Gasteiger partial charge in [0.05, 0.1) is 14.2 Å². The van der Waals surface area contributed by atoms with Gasteiger partial charge in [0, 0.05) is 18.1 Å². The van der Waals surface area contributed by atoms with Gasteiger partial charge in [-0.05, 0) is 42.7 Å². The van der Waals surface area contributed by atoms with Crippen molar-refractivity contribution in [2.24, 2.45) is 5.92 Å². The van der Waals surface area contributed by atoms with Gasteiger partial charge in [0.1, 0.15) is 5.78 Å². The van der Waals surface area contributed by atoms with Crippen molar-refractivity contribution in [1.29, 1.82) is 0 Å². The lowest BCUT2D eigenvalue weighted by molar-refractivity contribution is -0.117. The quantitative estimate of drug-likeness (QED) is 0.798. The summed E-state index contributed by atoms with van der Waals surface area (Å²) < 4.78 is 10.6. The molecule has 0 heterocycles. The van der Waals surface area contributed by atoms with Crippen molar-refractivity contribution < 1.29 is 14.3 Å². The van der Waals surface area contributed by atoms with Crippen molar-refractivity contribution in [3.63, 3.8) is 0 Å². The summed E-state index contributed by atoms with van der Waals surface area (Å²) in [4.78, 5) is 11.4.